The van der Waals surface area contributed by atoms with E-state index < -0.39 is 0 Å². The molecule has 0 aromatic heterocycles. The van der Waals surface area contributed by atoms with Gasteiger partial charge in [-0.25, -0.2) is 0 Å². The van der Waals surface area contributed by atoms with Crippen molar-refractivity contribution in [3.8, 4) is 0 Å². The fraction of sp³-hybridized carbons (Fsp3) is 0.550. The Morgan fingerprint density at radius 1 is 1.08 bits per heavy atom. The van der Waals surface area contributed by atoms with Gasteiger partial charge in [0.05, 0.1) is 4.58 Å². The van der Waals surface area contributed by atoms with E-state index in [-0.39, 0.29) is 0 Å². The minimum absolute atomic E-state index is 0.500. The van der Waals surface area contributed by atoms with E-state index in [1.807, 2.05) is 41.7 Å². The first-order chi connectivity index (χ1) is 11.8. The van der Waals surface area contributed by atoms with Crippen LogP contribution in [0.25, 0.3) is 5.70 Å². The molecule has 24 heavy (non-hydrogen) atoms. The minimum Gasteiger partial charge on any atom is -0.371 e. The van der Waals surface area contributed by atoms with Gasteiger partial charge in [-0.2, -0.15) is 0 Å². The van der Waals surface area contributed by atoms with Crippen LogP contribution < -0.4 is 0 Å². The van der Waals surface area contributed by atoms with E-state index in [0.717, 1.165) is 17.4 Å². The summed E-state index contributed by atoms with van der Waals surface area (Å²) in [6, 6.07) is 8.64. The number of carbonyl (C=O) groups excluding carboxylic acids is 1. The topological polar surface area (TPSA) is 20.3 Å². The van der Waals surface area contributed by atoms with Gasteiger partial charge in [-0.3, -0.25) is 4.79 Å². The zero-order valence-corrected chi connectivity index (χ0v) is 16.1. The van der Waals surface area contributed by atoms with Crippen LogP contribution in [0.4, 0.5) is 0 Å². The lowest BCUT2D eigenvalue weighted by Crippen LogP contribution is -2.32. The maximum absolute atomic E-state index is 11.6. The van der Waals surface area contributed by atoms with Crippen molar-refractivity contribution in [2.75, 3.05) is 18.6 Å². The van der Waals surface area contributed by atoms with E-state index in [1.54, 1.807) is 0 Å². The van der Waals surface area contributed by atoms with Crippen LogP contribution in [-0.2, 0) is 0 Å². The molecule has 4 heteroatoms. The molecule has 0 atom stereocenters. The molecule has 2 aliphatic rings. The molecular weight excluding hydrogens is 334 g/mol. The zero-order chi connectivity index (χ0) is 16.8. The Labute approximate surface area is 154 Å². The molecule has 1 saturated heterocycles. The second-order valence-corrected chi connectivity index (χ2v) is 9.42. The predicted octanol–water partition coefficient (Wildman–Crippen LogP) is 5.30. The van der Waals surface area contributed by atoms with Crippen LogP contribution in [0.15, 0.2) is 30.3 Å². The first kappa shape index (κ1) is 17.9. The van der Waals surface area contributed by atoms with Gasteiger partial charge in [0.1, 0.15) is 0 Å². The van der Waals surface area contributed by atoms with Crippen molar-refractivity contribution < 1.29 is 4.79 Å². The van der Waals surface area contributed by atoms with Crippen LogP contribution in [0.1, 0.15) is 54.4 Å². The molecule has 0 bridgehead atoms. The van der Waals surface area contributed by atoms with E-state index >= 15 is 0 Å². The van der Waals surface area contributed by atoms with E-state index in [1.165, 1.54) is 55.7 Å². The normalized spacial score (nSPS) is 20.8. The lowest BCUT2D eigenvalue weighted by atomic mass is 9.93. The van der Waals surface area contributed by atoms with E-state index in [2.05, 4.69) is 24.1 Å². The summed E-state index contributed by atoms with van der Waals surface area (Å²) in [5.41, 5.74) is 3.14. The molecule has 2 nitrogen and oxygen atoms in total. The number of thioether (sulfide) groups is 2. The van der Waals surface area contributed by atoms with Crippen LogP contribution in [0.5, 0.6) is 0 Å². The van der Waals surface area contributed by atoms with Crippen LogP contribution >= 0.6 is 23.5 Å². The molecule has 1 aromatic carbocycles. The highest BCUT2D eigenvalue weighted by molar-refractivity contribution is 8.17. The first-order valence-electron chi connectivity index (χ1n) is 9.02. The number of hydrogen-bond acceptors (Lipinski definition) is 4. The second kappa shape index (κ2) is 9.00. The summed E-state index contributed by atoms with van der Waals surface area (Å²) in [5.74, 6) is 2.48. The standard InChI is InChI=1S/C20H27NOS2/c1-21(17-9-3-2-4-10-17)19(14-20-23-12-7-13-24-20)18-11-6-5-8-16(18)15-22/h5-6,8,11,14-15,17,20H,2-4,7,9-10,12-13H2,1H3/b19-14-. The number of nitrogens with zero attached hydrogens (tertiary/aromatic N) is 1. The van der Waals surface area contributed by atoms with Crippen LogP contribution in [0, 0.1) is 0 Å². The Hall–Kier alpha value is -0.870. The van der Waals surface area contributed by atoms with Crippen molar-refractivity contribution in [2.24, 2.45) is 0 Å². The minimum atomic E-state index is 0.500. The largest absolute Gasteiger partial charge is 0.371 e. The summed E-state index contributed by atoms with van der Waals surface area (Å²) in [5, 5.41) is 0. The van der Waals surface area contributed by atoms with Crippen molar-refractivity contribution in [2.45, 2.75) is 49.1 Å². The summed E-state index contributed by atoms with van der Waals surface area (Å²) in [7, 11) is 2.22. The molecule has 0 unspecified atom stereocenters. The lowest BCUT2D eigenvalue weighted by Gasteiger charge is -2.36. The number of benzene rings is 1. The number of aldehydes is 1. The van der Waals surface area contributed by atoms with Gasteiger partial charge in [-0.15, -0.1) is 23.5 Å². The Morgan fingerprint density at radius 3 is 2.50 bits per heavy atom. The molecule has 0 spiro atoms. The monoisotopic (exact) mass is 361 g/mol. The van der Waals surface area contributed by atoms with Gasteiger partial charge >= 0.3 is 0 Å². The first-order valence-corrected chi connectivity index (χ1v) is 11.1. The second-order valence-electron chi connectivity index (χ2n) is 6.62. The number of rotatable bonds is 5. The molecule has 2 fully saturated rings. The fourth-order valence-corrected chi connectivity index (χ4v) is 6.31. The molecule has 3 rings (SSSR count). The third-order valence-corrected chi connectivity index (χ3v) is 7.81. The molecule has 0 radical (unpaired) electrons. The van der Waals surface area contributed by atoms with Crippen LogP contribution in [0.2, 0.25) is 0 Å². The molecule has 1 aliphatic heterocycles. The van der Waals surface area contributed by atoms with Gasteiger partial charge in [-0.05, 0) is 36.8 Å². The third-order valence-electron chi connectivity index (χ3n) is 5.01. The summed E-state index contributed by atoms with van der Waals surface area (Å²) < 4.78 is 0.500. The van der Waals surface area contributed by atoms with E-state index in [0.29, 0.717) is 10.6 Å². The van der Waals surface area contributed by atoms with Crippen LogP contribution in [0.3, 0.4) is 0 Å². The van der Waals surface area contributed by atoms with Gasteiger partial charge in [0.25, 0.3) is 0 Å². The highest BCUT2D eigenvalue weighted by atomic mass is 32.2. The molecule has 0 amide bonds. The quantitative estimate of drug-likeness (QED) is 0.663. The summed E-state index contributed by atoms with van der Waals surface area (Å²) in [4.78, 5) is 14.0. The molecule has 1 heterocycles. The van der Waals surface area contributed by atoms with Crippen molar-refractivity contribution in [3.05, 3.63) is 41.5 Å². The molecular formula is C20H27NOS2. The molecule has 0 N–H and O–H groups in total. The van der Waals surface area contributed by atoms with Gasteiger partial charge in [0.2, 0.25) is 0 Å². The lowest BCUT2D eigenvalue weighted by molar-refractivity contribution is 0.112. The third kappa shape index (κ3) is 4.40. The maximum Gasteiger partial charge on any atom is 0.150 e. The average molecular weight is 362 g/mol. The summed E-state index contributed by atoms with van der Waals surface area (Å²) in [6.07, 6.45) is 11.3. The Bertz CT molecular complexity index is 575. The van der Waals surface area contributed by atoms with Crippen molar-refractivity contribution in [1.29, 1.82) is 0 Å². The SMILES string of the molecule is CN(/C(=C\C1SCCCS1)c1ccccc1C=O)C1CCCCC1. The maximum atomic E-state index is 11.6. The van der Waals surface area contributed by atoms with Crippen molar-refractivity contribution >= 4 is 35.5 Å². The Kier molecular flexibility index (Phi) is 6.73. The average Bonchev–Trinajstić information content (AvgIpc) is 2.67. The molecule has 1 saturated carbocycles. The number of carbonyl (C=O) groups is 1. The molecule has 130 valence electrons. The Balaban J connectivity index is 1.93. The van der Waals surface area contributed by atoms with Gasteiger partial charge in [-0.1, -0.05) is 43.5 Å². The zero-order valence-electron chi connectivity index (χ0n) is 14.4. The molecule has 1 aromatic rings. The summed E-state index contributed by atoms with van der Waals surface area (Å²) in [6.45, 7) is 0. The van der Waals surface area contributed by atoms with E-state index in [9.17, 15) is 4.79 Å². The van der Waals surface area contributed by atoms with Crippen LogP contribution in [-0.4, -0.2) is 40.4 Å². The summed E-state index contributed by atoms with van der Waals surface area (Å²) >= 11 is 4.07. The van der Waals surface area contributed by atoms with E-state index in [4.69, 9.17) is 0 Å². The van der Waals surface area contributed by atoms with Crippen molar-refractivity contribution in [3.63, 3.8) is 0 Å². The van der Waals surface area contributed by atoms with Crippen molar-refractivity contribution in [1.82, 2.24) is 4.90 Å². The predicted molar refractivity (Wildman–Crippen MR) is 108 cm³/mol. The molecule has 1 aliphatic carbocycles. The number of hydrogen-bond donors (Lipinski definition) is 0. The Morgan fingerprint density at radius 2 is 1.79 bits per heavy atom. The smallest absolute Gasteiger partial charge is 0.150 e. The van der Waals surface area contributed by atoms with Gasteiger partial charge in [0, 0.05) is 29.9 Å². The highest BCUT2D eigenvalue weighted by Crippen LogP contribution is 2.36. The van der Waals surface area contributed by atoms with Gasteiger partial charge in [0.15, 0.2) is 6.29 Å². The van der Waals surface area contributed by atoms with Gasteiger partial charge < -0.3 is 4.90 Å². The fourth-order valence-electron chi connectivity index (χ4n) is 3.63. The highest BCUT2D eigenvalue weighted by Gasteiger charge is 2.23.